The van der Waals surface area contributed by atoms with Gasteiger partial charge < -0.3 is 4.42 Å². The molecule has 0 amide bonds. The molecule has 10 heavy (non-hydrogen) atoms. The Kier molecular flexibility index (Phi) is 1.94. The van der Waals surface area contributed by atoms with Crippen molar-refractivity contribution in [1.29, 1.82) is 0 Å². The van der Waals surface area contributed by atoms with Crippen LogP contribution >= 0.6 is 0 Å². The van der Waals surface area contributed by atoms with Gasteiger partial charge in [0.25, 0.3) is 0 Å². The molecule has 1 heterocycles. The summed E-state index contributed by atoms with van der Waals surface area (Å²) in [5.41, 5.74) is 0.924. The van der Waals surface area contributed by atoms with Gasteiger partial charge in [-0.25, -0.2) is 4.79 Å². The number of hydrogen-bond acceptors (Lipinski definition) is 2. The van der Waals surface area contributed by atoms with Crippen molar-refractivity contribution in [3.05, 3.63) is 22.0 Å². The van der Waals surface area contributed by atoms with Crippen molar-refractivity contribution >= 4 is 0 Å². The lowest BCUT2D eigenvalue weighted by Gasteiger charge is -1.90. The third-order valence-corrected chi connectivity index (χ3v) is 1.48. The van der Waals surface area contributed by atoms with Crippen LogP contribution in [0.4, 0.5) is 0 Å². The maximum Gasteiger partial charge on any atom is 0.416 e. The number of nitrogens with one attached hydrogen (secondary N) is 1. The summed E-state index contributed by atoms with van der Waals surface area (Å²) in [6.45, 7) is 3.95. The van der Waals surface area contributed by atoms with Crippen LogP contribution in [0.15, 0.2) is 9.21 Å². The van der Waals surface area contributed by atoms with Crippen molar-refractivity contribution in [1.82, 2.24) is 4.98 Å². The van der Waals surface area contributed by atoms with Crippen molar-refractivity contribution in [2.24, 2.45) is 0 Å². The molecule has 0 saturated carbocycles. The summed E-state index contributed by atoms with van der Waals surface area (Å²) in [6, 6.07) is 0. The second kappa shape index (κ2) is 2.73. The number of aryl methyl sites for hydroxylation is 2. The predicted molar refractivity (Wildman–Crippen MR) is 38.1 cm³/mol. The first kappa shape index (κ1) is 7.12. The molecule has 0 aliphatic rings. The van der Waals surface area contributed by atoms with Crippen LogP contribution in [0.5, 0.6) is 0 Å². The van der Waals surface area contributed by atoms with E-state index in [1.165, 1.54) is 0 Å². The lowest BCUT2D eigenvalue weighted by atomic mass is 10.2. The zero-order valence-corrected chi connectivity index (χ0v) is 6.23. The van der Waals surface area contributed by atoms with Crippen LogP contribution in [0.25, 0.3) is 0 Å². The Bertz CT molecular complexity index is 234. The average Bonchev–Trinajstić information content (AvgIpc) is 2.30. The van der Waals surface area contributed by atoms with Crippen LogP contribution < -0.4 is 5.76 Å². The SMILES string of the molecule is CCc1[nH]c(=O)oc1CC. The van der Waals surface area contributed by atoms with Gasteiger partial charge in [0.05, 0.1) is 5.69 Å². The molecule has 0 unspecified atom stereocenters. The average molecular weight is 141 g/mol. The van der Waals surface area contributed by atoms with Crippen molar-refractivity contribution in [3.8, 4) is 0 Å². The van der Waals surface area contributed by atoms with Gasteiger partial charge >= 0.3 is 5.76 Å². The van der Waals surface area contributed by atoms with Crippen LogP contribution in [0.1, 0.15) is 25.3 Å². The van der Waals surface area contributed by atoms with Crippen molar-refractivity contribution in [2.75, 3.05) is 0 Å². The lowest BCUT2D eigenvalue weighted by molar-refractivity contribution is 0.472. The van der Waals surface area contributed by atoms with E-state index in [9.17, 15) is 4.79 Å². The van der Waals surface area contributed by atoms with E-state index in [-0.39, 0.29) is 5.76 Å². The Morgan fingerprint density at radius 1 is 1.40 bits per heavy atom. The highest BCUT2D eigenvalue weighted by atomic mass is 16.4. The van der Waals surface area contributed by atoms with Crippen LogP contribution in [-0.4, -0.2) is 4.98 Å². The van der Waals surface area contributed by atoms with E-state index in [4.69, 9.17) is 4.42 Å². The fourth-order valence-corrected chi connectivity index (χ4v) is 0.963. The van der Waals surface area contributed by atoms with Gasteiger partial charge in [-0.05, 0) is 6.42 Å². The molecule has 0 spiro atoms. The monoisotopic (exact) mass is 141 g/mol. The minimum absolute atomic E-state index is 0.339. The van der Waals surface area contributed by atoms with Gasteiger partial charge in [-0.1, -0.05) is 13.8 Å². The number of aromatic nitrogens is 1. The summed E-state index contributed by atoms with van der Waals surface area (Å²) in [4.78, 5) is 13.2. The van der Waals surface area contributed by atoms with E-state index in [1.54, 1.807) is 0 Å². The van der Waals surface area contributed by atoms with Crippen LogP contribution in [0.2, 0.25) is 0 Å². The number of aromatic amines is 1. The van der Waals surface area contributed by atoms with Gasteiger partial charge in [-0.2, -0.15) is 0 Å². The molecule has 3 nitrogen and oxygen atoms in total. The van der Waals surface area contributed by atoms with E-state index in [0.717, 1.165) is 24.3 Å². The largest absolute Gasteiger partial charge is 0.416 e. The van der Waals surface area contributed by atoms with Crippen molar-refractivity contribution in [3.63, 3.8) is 0 Å². The fourth-order valence-electron chi connectivity index (χ4n) is 0.963. The molecular formula is C7H11NO2. The van der Waals surface area contributed by atoms with Gasteiger partial charge in [0.15, 0.2) is 0 Å². The lowest BCUT2D eigenvalue weighted by Crippen LogP contribution is -1.95. The summed E-state index contributed by atoms with van der Waals surface area (Å²) in [6.07, 6.45) is 1.61. The normalized spacial score (nSPS) is 10.2. The summed E-state index contributed by atoms with van der Waals surface area (Å²) < 4.78 is 4.84. The molecule has 0 aromatic carbocycles. The predicted octanol–water partition coefficient (Wildman–Crippen LogP) is 1.09. The summed E-state index contributed by atoms with van der Waals surface area (Å²) >= 11 is 0. The molecule has 1 aromatic rings. The van der Waals surface area contributed by atoms with Gasteiger partial charge in [0.1, 0.15) is 5.76 Å². The molecule has 0 atom stereocenters. The Hall–Kier alpha value is -0.990. The fraction of sp³-hybridized carbons (Fsp3) is 0.571. The van der Waals surface area contributed by atoms with Gasteiger partial charge in [-0.3, -0.25) is 4.98 Å². The maximum absolute atomic E-state index is 10.6. The van der Waals surface area contributed by atoms with E-state index < -0.39 is 0 Å². The molecular weight excluding hydrogens is 130 g/mol. The molecule has 3 heteroatoms. The van der Waals surface area contributed by atoms with Crippen LogP contribution in [-0.2, 0) is 12.8 Å². The van der Waals surface area contributed by atoms with E-state index >= 15 is 0 Å². The number of hydrogen-bond donors (Lipinski definition) is 1. The second-order valence-corrected chi connectivity index (χ2v) is 2.12. The quantitative estimate of drug-likeness (QED) is 0.670. The highest BCUT2D eigenvalue weighted by Crippen LogP contribution is 2.03. The highest BCUT2D eigenvalue weighted by molar-refractivity contribution is 5.06. The number of H-pyrrole nitrogens is 1. The smallest absolute Gasteiger partial charge is 0.413 e. The zero-order chi connectivity index (χ0) is 7.56. The Morgan fingerprint density at radius 2 is 2.10 bits per heavy atom. The summed E-state index contributed by atoms with van der Waals surface area (Å²) in [5, 5.41) is 0. The standard InChI is InChI=1S/C7H11NO2/c1-3-5-6(4-2)10-7(9)8-5/h3-4H2,1-2H3,(H,8,9). The molecule has 1 aromatic heterocycles. The number of oxazole rings is 1. The molecule has 0 saturated heterocycles. The number of rotatable bonds is 2. The van der Waals surface area contributed by atoms with Crippen molar-refractivity contribution in [2.45, 2.75) is 26.7 Å². The second-order valence-electron chi connectivity index (χ2n) is 2.12. The minimum atomic E-state index is -0.339. The zero-order valence-electron chi connectivity index (χ0n) is 6.23. The third kappa shape index (κ3) is 1.12. The maximum atomic E-state index is 10.6. The van der Waals surface area contributed by atoms with Crippen LogP contribution in [0.3, 0.4) is 0 Å². The topological polar surface area (TPSA) is 46.0 Å². The van der Waals surface area contributed by atoms with Gasteiger partial charge in [-0.15, -0.1) is 0 Å². The van der Waals surface area contributed by atoms with Crippen LogP contribution in [0, 0.1) is 0 Å². The van der Waals surface area contributed by atoms with Gasteiger partial charge in [0.2, 0.25) is 0 Å². The van der Waals surface area contributed by atoms with E-state index in [0.29, 0.717) is 0 Å². The molecule has 0 radical (unpaired) electrons. The van der Waals surface area contributed by atoms with Gasteiger partial charge in [0, 0.05) is 6.42 Å². The minimum Gasteiger partial charge on any atom is -0.413 e. The molecule has 0 bridgehead atoms. The first-order valence-corrected chi connectivity index (χ1v) is 3.48. The molecule has 56 valence electrons. The molecule has 1 rings (SSSR count). The highest BCUT2D eigenvalue weighted by Gasteiger charge is 2.03. The molecule has 1 N–H and O–H groups in total. The molecule has 0 aliphatic carbocycles. The molecule has 0 aliphatic heterocycles. The van der Waals surface area contributed by atoms with E-state index in [2.05, 4.69) is 4.98 Å². The summed E-state index contributed by atoms with van der Waals surface area (Å²) in [5.74, 6) is 0.446. The Morgan fingerprint density at radius 3 is 2.50 bits per heavy atom. The third-order valence-electron chi connectivity index (χ3n) is 1.48. The first-order chi connectivity index (χ1) is 4.77. The van der Waals surface area contributed by atoms with E-state index in [1.807, 2.05) is 13.8 Å². The molecule has 0 fully saturated rings. The Balaban J connectivity index is 3.08. The summed E-state index contributed by atoms with van der Waals surface area (Å²) in [7, 11) is 0. The Labute approximate surface area is 59.1 Å². The first-order valence-electron chi connectivity index (χ1n) is 3.48. The van der Waals surface area contributed by atoms with Crippen molar-refractivity contribution < 1.29 is 4.42 Å².